The van der Waals surface area contributed by atoms with Gasteiger partial charge in [0.15, 0.2) is 4.96 Å². The number of para-hydroxylation sites is 2. The zero-order chi connectivity index (χ0) is 24.7. The molecule has 1 aliphatic rings. The normalized spacial score (nSPS) is 14.7. The summed E-state index contributed by atoms with van der Waals surface area (Å²) in [5.74, 6) is 0.881. The molecule has 8 heteroatoms. The van der Waals surface area contributed by atoms with E-state index in [0.29, 0.717) is 18.2 Å². The van der Waals surface area contributed by atoms with Gasteiger partial charge < -0.3 is 20.3 Å². The molecule has 2 aromatic carbocycles. The van der Waals surface area contributed by atoms with Gasteiger partial charge in [0.05, 0.1) is 18.5 Å². The van der Waals surface area contributed by atoms with Crippen LogP contribution in [-0.4, -0.2) is 59.5 Å². The molecule has 3 heterocycles. The zero-order valence-corrected chi connectivity index (χ0v) is 21.5. The van der Waals surface area contributed by atoms with E-state index < -0.39 is 0 Å². The van der Waals surface area contributed by atoms with Crippen LogP contribution in [0.3, 0.4) is 0 Å². The Kier molecular flexibility index (Phi) is 7.83. The number of imidazole rings is 1. The molecular formula is C28H33N5O2S. The van der Waals surface area contributed by atoms with Gasteiger partial charge in [-0.05, 0) is 56.5 Å². The van der Waals surface area contributed by atoms with Crippen LogP contribution in [0.2, 0.25) is 0 Å². The van der Waals surface area contributed by atoms with Crippen LogP contribution >= 0.6 is 11.3 Å². The lowest BCUT2D eigenvalue weighted by Gasteiger charge is -2.33. The zero-order valence-electron chi connectivity index (χ0n) is 20.7. The van der Waals surface area contributed by atoms with Gasteiger partial charge in [-0.1, -0.05) is 24.3 Å². The number of anilines is 1. The van der Waals surface area contributed by atoms with Gasteiger partial charge in [-0.15, -0.1) is 11.3 Å². The van der Waals surface area contributed by atoms with Crippen molar-refractivity contribution >= 4 is 27.9 Å². The Hall–Kier alpha value is -3.36. The minimum Gasteiger partial charge on any atom is -0.495 e. The molecule has 1 amide bonds. The van der Waals surface area contributed by atoms with Crippen molar-refractivity contribution in [3.8, 4) is 17.0 Å². The maximum Gasteiger partial charge on any atom is 0.251 e. The fraction of sp³-hybridized carbons (Fsp3) is 0.357. The molecule has 0 saturated carbocycles. The predicted molar refractivity (Wildman–Crippen MR) is 146 cm³/mol. The van der Waals surface area contributed by atoms with Gasteiger partial charge in [-0.3, -0.25) is 9.20 Å². The van der Waals surface area contributed by atoms with Gasteiger partial charge in [0, 0.05) is 54.6 Å². The summed E-state index contributed by atoms with van der Waals surface area (Å²) >= 11 is 1.61. The van der Waals surface area contributed by atoms with Crippen molar-refractivity contribution in [1.29, 1.82) is 0 Å². The standard InChI is InChI=1S/C28H33N5O2S/c1-35-26-7-3-2-6-24(26)30-23-12-16-32(17-13-23)15-5-4-14-29-27(34)22-10-8-21(9-11-22)25-20-33-18-19-36-28(33)31-25/h2-3,6-11,18-20,23,30H,4-5,12-17H2,1H3,(H,29,34). The number of amides is 1. The number of fused-ring (bicyclic) bond motifs is 1. The van der Waals surface area contributed by atoms with E-state index in [1.807, 2.05) is 64.6 Å². The number of nitrogens with zero attached hydrogens (tertiary/aromatic N) is 3. The Labute approximate surface area is 216 Å². The first-order chi connectivity index (χ1) is 17.7. The summed E-state index contributed by atoms with van der Waals surface area (Å²) in [6, 6.07) is 16.3. The number of methoxy groups -OCH3 is 1. The summed E-state index contributed by atoms with van der Waals surface area (Å²) < 4.78 is 7.47. The third-order valence-electron chi connectivity index (χ3n) is 6.78. The second kappa shape index (κ2) is 11.6. The lowest BCUT2D eigenvalue weighted by molar-refractivity contribution is 0.0952. The first-order valence-electron chi connectivity index (χ1n) is 12.6. The molecule has 0 atom stereocenters. The first kappa shape index (κ1) is 24.3. The second-order valence-corrected chi connectivity index (χ2v) is 10.1. The summed E-state index contributed by atoms with van der Waals surface area (Å²) in [7, 11) is 1.71. The van der Waals surface area contributed by atoms with Crippen LogP contribution in [0.4, 0.5) is 5.69 Å². The van der Waals surface area contributed by atoms with Crippen molar-refractivity contribution in [2.75, 3.05) is 38.6 Å². The number of rotatable bonds is 10. The Bertz CT molecular complexity index is 1250. The van der Waals surface area contributed by atoms with Gasteiger partial charge >= 0.3 is 0 Å². The van der Waals surface area contributed by atoms with Crippen LogP contribution in [0.5, 0.6) is 5.75 Å². The lowest BCUT2D eigenvalue weighted by atomic mass is 10.0. The molecule has 4 aromatic rings. The van der Waals surface area contributed by atoms with E-state index in [2.05, 4.69) is 26.6 Å². The van der Waals surface area contributed by atoms with Crippen molar-refractivity contribution in [3.63, 3.8) is 0 Å². The molecule has 0 radical (unpaired) electrons. The number of aromatic nitrogens is 2. The average molecular weight is 504 g/mol. The Morgan fingerprint density at radius 3 is 2.69 bits per heavy atom. The maximum absolute atomic E-state index is 12.5. The number of hydrogen-bond donors (Lipinski definition) is 2. The van der Waals surface area contributed by atoms with Crippen LogP contribution in [-0.2, 0) is 0 Å². The number of nitrogens with one attached hydrogen (secondary N) is 2. The highest BCUT2D eigenvalue weighted by molar-refractivity contribution is 7.15. The molecule has 7 nitrogen and oxygen atoms in total. The highest BCUT2D eigenvalue weighted by Gasteiger charge is 2.19. The smallest absolute Gasteiger partial charge is 0.251 e. The summed E-state index contributed by atoms with van der Waals surface area (Å²) in [6.07, 6.45) is 8.33. The van der Waals surface area contributed by atoms with Gasteiger partial charge in [-0.2, -0.15) is 0 Å². The topological polar surface area (TPSA) is 70.9 Å². The average Bonchev–Trinajstić information content (AvgIpc) is 3.53. The monoisotopic (exact) mass is 503 g/mol. The molecule has 36 heavy (non-hydrogen) atoms. The molecule has 2 aromatic heterocycles. The van der Waals surface area contributed by atoms with Crippen molar-refractivity contribution in [2.45, 2.75) is 31.7 Å². The molecule has 0 aliphatic carbocycles. The van der Waals surface area contributed by atoms with Crippen LogP contribution in [0.1, 0.15) is 36.0 Å². The molecule has 188 valence electrons. The first-order valence-corrected chi connectivity index (χ1v) is 13.5. The van der Waals surface area contributed by atoms with Gasteiger partial charge in [-0.25, -0.2) is 4.98 Å². The molecule has 5 rings (SSSR count). The Morgan fingerprint density at radius 2 is 1.92 bits per heavy atom. The van der Waals surface area contributed by atoms with E-state index in [4.69, 9.17) is 4.74 Å². The lowest BCUT2D eigenvalue weighted by Crippen LogP contribution is -2.39. The number of thiazole rings is 1. The largest absolute Gasteiger partial charge is 0.495 e. The molecular weight excluding hydrogens is 470 g/mol. The molecule has 2 N–H and O–H groups in total. The maximum atomic E-state index is 12.5. The fourth-order valence-corrected chi connectivity index (χ4v) is 5.41. The highest BCUT2D eigenvalue weighted by Crippen LogP contribution is 2.26. The quantitative estimate of drug-likeness (QED) is 0.293. The number of piperidine rings is 1. The van der Waals surface area contributed by atoms with E-state index >= 15 is 0 Å². The number of unbranched alkanes of at least 4 members (excludes halogenated alkanes) is 1. The van der Waals surface area contributed by atoms with Crippen LogP contribution in [0, 0.1) is 0 Å². The summed E-state index contributed by atoms with van der Waals surface area (Å²) in [5, 5.41) is 8.72. The fourth-order valence-electron chi connectivity index (χ4n) is 4.71. The van der Waals surface area contributed by atoms with Gasteiger partial charge in [0.1, 0.15) is 5.75 Å². The third-order valence-corrected chi connectivity index (χ3v) is 7.55. The summed E-state index contributed by atoms with van der Waals surface area (Å²) in [5.41, 5.74) is 3.70. The van der Waals surface area contributed by atoms with E-state index in [0.717, 1.165) is 73.0 Å². The molecule has 1 saturated heterocycles. The summed E-state index contributed by atoms with van der Waals surface area (Å²) in [4.78, 5) is 20.7. The SMILES string of the molecule is COc1ccccc1NC1CCN(CCCCNC(=O)c2ccc(-c3cn4ccsc4n3)cc2)CC1. The van der Waals surface area contributed by atoms with E-state index in [1.54, 1.807) is 18.4 Å². The Morgan fingerprint density at radius 1 is 1.11 bits per heavy atom. The van der Waals surface area contributed by atoms with Crippen molar-refractivity contribution in [1.82, 2.24) is 19.6 Å². The van der Waals surface area contributed by atoms with E-state index in [-0.39, 0.29) is 5.91 Å². The second-order valence-electron chi connectivity index (χ2n) is 9.22. The number of carbonyl (C=O) groups excluding carboxylic acids is 1. The number of hydrogen-bond acceptors (Lipinski definition) is 6. The van der Waals surface area contributed by atoms with Crippen LogP contribution < -0.4 is 15.4 Å². The van der Waals surface area contributed by atoms with Crippen LogP contribution in [0.15, 0.2) is 66.3 Å². The predicted octanol–water partition coefficient (Wildman–Crippen LogP) is 5.16. The van der Waals surface area contributed by atoms with Crippen molar-refractivity contribution in [3.05, 3.63) is 71.9 Å². The summed E-state index contributed by atoms with van der Waals surface area (Å²) in [6.45, 7) is 3.97. The molecule has 0 spiro atoms. The van der Waals surface area contributed by atoms with Crippen molar-refractivity contribution in [2.24, 2.45) is 0 Å². The molecule has 1 fully saturated rings. The van der Waals surface area contributed by atoms with Crippen molar-refractivity contribution < 1.29 is 9.53 Å². The minimum atomic E-state index is -0.0180. The third kappa shape index (κ3) is 5.88. The van der Waals surface area contributed by atoms with E-state index in [9.17, 15) is 4.79 Å². The highest BCUT2D eigenvalue weighted by atomic mass is 32.1. The van der Waals surface area contributed by atoms with E-state index in [1.165, 1.54) is 0 Å². The number of likely N-dealkylation sites (tertiary alicyclic amines) is 1. The molecule has 0 unspecified atom stereocenters. The van der Waals surface area contributed by atoms with Gasteiger partial charge in [0.25, 0.3) is 5.91 Å². The minimum absolute atomic E-state index is 0.0180. The number of benzene rings is 2. The number of ether oxygens (including phenoxy) is 1. The number of carbonyl (C=O) groups is 1. The molecule has 1 aliphatic heterocycles. The Balaban J connectivity index is 0.986. The van der Waals surface area contributed by atoms with Gasteiger partial charge in [0.2, 0.25) is 0 Å². The molecule has 0 bridgehead atoms. The van der Waals surface area contributed by atoms with Crippen LogP contribution in [0.25, 0.3) is 16.2 Å².